The van der Waals surface area contributed by atoms with Crippen LogP contribution in [-0.4, -0.2) is 0 Å². The average molecular weight is 265 g/mol. The van der Waals surface area contributed by atoms with E-state index in [2.05, 4.69) is 0 Å². The van der Waals surface area contributed by atoms with Crippen molar-refractivity contribution in [3.63, 3.8) is 0 Å². The third-order valence-electron chi connectivity index (χ3n) is 3.07. The zero-order chi connectivity index (χ0) is 14.0. The minimum absolute atomic E-state index is 0.311. The second kappa shape index (κ2) is 5.45. The second-order valence-corrected chi connectivity index (χ2v) is 4.36. The first-order valence-corrected chi connectivity index (χ1v) is 6.01. The van der Waals surface area contributed by atoms with Crippen LogP contribution in [0, 0.1) is 17.5 Å². The first kappa shape index (κ1) is 13.6. The van der Waals surface area contributed by atoms with Crippen LogP contribution in [0.25, 0.3) is 0 Å². The number of halogens is 3. The predicted octanol–water partition coefficient (Wildman–Crippen LogP) is 3.71. The fraction of sp³-hybridized carbons (Fsp3) is 0.200. The van der Waals surface area contributed by atoms with E-state index in [1.54, 1.807) is 18.2 Å². The first-order chi connectivity index (χ1) is 9.02. The van der Waals surface area contributed by atoms with E-state index < -0.39 is 23.5 Å². The summed E-state index contributed by atoms with van der Waals surface area (Å²) in [4.78, 5) is 0. The van der Waals surface area contributed by atoms with Gasteiger partial charge in [-0.05, 0) is 17.5 Å². The lowest BCUT2D eigenvalue weighted by Crippen LogP contribution is -2.16. The molecule has 0 aliphatic heterocycles. The van der Waals surface area contributed by atoms with Gasteiger partial charge in [0.1, 0.15) is 17.5 Å². The molecule has 0 saturated heterocycles. The first-order valence-electron chi connectivity index (χ1n) is 6.01. The van der Waals surface area contributed by atoms with Gasteiger partial charge < -0.3 is 5.73 Å². The molecule has 0 spiro atoms. The summed E-state index contributed by atoms with van der Waals surface area (Å²) in [5.41, 5.74) is 7.20. The normalized spacial score (nSPS) is 12.5. The molecule has 2 aromatic carbocycles. The highest BCUT2D eigenvalue weighted by atomic mass is 19.1. The van der Waals surface area contributed by atoms with Gasteiger partial charge in [0.15, 0.2) is 0 Å². The van der Waals surface area contributed by atoms with Gasteiger partial charge in [-0.1, -0.05) is 31.2 Å². The fourth-order valence-corrected chi connectivity index (χ4v) is 2.02. The van der Waals surface area contributed by atoms with Crippen LogP contribution in [0.2, 0.25) is 0 Å². The quantitative estimate of drug-likeness (QED) is 0.899. The summed E-state index contributed by atoms with van der Waals surface area (Å²) in [6.45, 7) is 1.98. The van der Waals surface area contributed by atoms with E-state index >= 15 is 0 Å². The zero-order valence-corrected chi connectivity index (χ0v) is 10.5. The van der Waals surface area contributed by atoms with E-state index in [-0.39, 0.29) is 5.56 Å². The van der Waals surface area contributed by atoms with Crippen molar-refractivity contribution in [2.45, 2.75) is 19.4 Å². The molecule has 100 valence electrons. The minimum Gasteiger partial charge on any atom is -0.320 e. The van der Waals surface area contributed by atoms with Gasteiger partial charge in [0.05, 0.1) is 6.04 Å². The third kappa shape index (κ3) is 2.79. The van der Waals surface area contributed by atoms with Gasteiger partial charge in [-0.2, -0.15) is 0 Å². The van der Waals surface area contributed by atoms with Crippen LogP contribution in [0.15, 0.2) is 36.4 Å². The number of hydrogen-bond donors (Lipinski definition) is 1. The molecule has 0 aliphatic carbocycles. The Bertz CT molecular complexity index is 573. The van der Waals surface area contributed by atoms with E-state index in [9.17, 15) is 13.2 Å². The standard InChI is InChI=1S/C15H14F3N/c1-2-9-4-3-5-10(6-9)15(19)14-12(17)7-11(16)8-13(14)18/h3-8,15H,2,19H2,1H3. The van der Waals surface area contributed by atoms with Crippen molar-refractivity contribution in [1.82, 2.24) is 0 Å². The van der Waals surface area contributed by atoms with Crippen LogP contribution in [0.1, 0.15) is 29.7 Å². The van der Waals surface area contributed by atoms with Gasteiger partial charge >= 0.3 is 0 Å². The van der Waals surface area contributed by atoms with Crippen molar-refractivity contribution in [1.29, 1.82) is 0 Å². The Morgan fingerprint density at radius 2 is 1.68 bits per heavy atom. The molecular weight excluding hydrogens is 251 g/mol. The van der Waals surface area contributed by atoms with Crippen molar-refractivity contribution in [3.05, 3.63) is 70.5 Å². The lowest BCUT2D eigenvalue weighted by molar-refractivity contribution is 0.515. The third-order valence-corrected chi connectivity index (χ3v) is 3.07. The maximum atomic E-state index is 13.7. The highest BCUT2D eigenvalue weighted by Gasteiger charge is 2.19. The minimum atomic E-state index is -0.966. The van der Waals surface area contributed by atoms with Gasteiger partial charge in [-0.15, -0.1) is 0 Å². The maximum Gasteiger partial charge on any atom is 0.134 e. The van der Waals surface area contributed by atoms with Crippen molar-refractivity contribution in [2.75, 3.05) is 0 Å². The Morgan fingerprint density at radius 1 is 1.05 bits per heavy atom. The molecule has 0 heterocycles. The summed E-state index contributed by atoms with van der Waals surface area (Å²) < 4.78 is 40.2. The zero-order valence-electron chi connectivity index (χ0n) is 10.5. The van der Waals surface area contributed by atoms with Crippen LogP contribution < -0.4 is 5.73 Å². The predicted molar refractivity (Wildman–Crippen MR) is 68.2 cm³/mol. The Hall–Kier alpha value is -1.81. The highest BCUT2D eigenvalue weighted by Crippen LogP contribution is 2.26. The van der Waals surface area contributed by atoms with E-state index in [1.165, 1.54) is 0 Å². The number of aryl methyl sites for hydroxylation is 1. The van der Waals surface area contributed by atoms with E-state index in [0.717, 1.165) is 12.0 Å². The summed E-state index contributed by atoms with van der Waals surface area (Å²) >= 11 is 0. The Labute approximate surface area is 109 Å². The fourth-order valence-electron chi connectivity index (χ4n) is 2.02. The van der Waals surface area contributed by atoms with Crippen LogP contribution >= 0.6 is 0 Å². The topological polar surface area (TPSA) is 26.0 Å². The monoisotopic (exact) mass is 265 g/mol. The van der Waals surface area contributed by atoms with Crippen LogP contribution in [-0.2, 0) is 6.42 Å². The number of hydrogen-bond acceptors (Lipinski definition) is 1. The smallest absolute Gasteiger partial charge is 0.134 e. The molecule has 0 amide bonds. The Kier molecular flexibility index (Phi) is 3.90. The molecule has 2 rings (SSSR count). The van der Waals surface area contributed by atoms with Crippen molar-refractivity contribution < 1.29 is 13.2 Å². The molecule has 4 heteroatoms. The SMILES string of the molecule is CCc1cccc(C(N)c2c(F)cc(F)cc2F)c1. The Balaban J connectivity index is 2.46. The molecule has 0 saturated carbocycles. The van der Waals surface area contributed by atoms with E-state index in [0.29, 0.717) is 17.7 Å². The lowest BCUT2D eigenvalue weighted by atomic mass is 9.96. The largest absolute Gasteiger partial charge is 0.320 e. The van der Waals surface area contributed by atoms with E-state index in [1.807, 2.05) is 13.0 Å². The van der Waals surface area contributed by atoms with Crippen molar-refractivity contribution in [3.8, 4) is 0 Å². The summed E-state index contributed by atoms with van der Waals surface area (Å²) in [7, 11) is 0. The highest BCUT2D eigenvalue weighted by molar-refractivity contribution is 5.35. The molecule has 1 atom stereocenters. The molecule has 0 bridgehead atoms. The number of rotatable bonds is 3. The molecule has 19 heavy (non-hydrogen) atoms. The number of nitrogens with two attached hydrogens (primary N) is 1. The summed E-state index contributed by atoms with van der Waals surface area (Å²) in [6, 6.07) is 7.52. The maximum absolute atomic E-state index is 13.7. The molecule has 2 N–H and O–H groups in total. The molecule has 1 unspecified atom stereocenters. The van der Waals surface area contributed by atoms with Crippen molar-refractivity contribution in [2.24, 2.45) is 5.73 Å². The van der Waals surface area contributed by atoms with Gasteiger partial charge in [-0.3, -0.25) is 0 Å². The molecular formula is C15H14F3N. The summed E-state index contributed by atoms with van der Waals surface area (Å²) in [5.74, 6) is -2.88. The van der Waals surface area contributed by atoms with Crippen LogP contribution in [0.5, 0.6) is 0 Å². The molecule has 0 fully saturated rings. The summed E-state index contributed by atoms with van der Waals surface area (Å²) in [6.07, 6.45) is 0.801. The molecule has 0 aromatic heterocycles. The van der Waals surface area contributed by atoms with Crippen molar-refractivity contribution >= 4 is 0 Å². The molecule has 0 aliphatic rings. The van der Waals surface area contributed by atoms with Crippen LogP contribution in [0.4, 0.5) is 13.2 Å². The molecule has 1 nitrogen and oxygen atoms in total. The molecule has 0 radical (unpaired) electrons. The summed E-state index contributed by atoms with van der Waals surface area (Å²) in [5, 5.41) is 0. The number of benzene rings is 2. The van der Waals surface area contributed by atoms with Gasteiger partial charge in [-0.25, -0.2) is 13.2 Å². The van der Waals surface area contributed by atoms with E-state index in [4.69, 9.17) is 5.73 Å². The van der Waals surface area contributed by atoms with Gasteiger partial charge in [0.25, 0.3) is 0 Å². The van der Waals surface area contributed by atoms with Crippen LogP contribution in [0.3, 0.4) is 0 Å². The van der Waals surface area contributed by atoms with Gasteiger partial charge in [0, 0.05) is 17.7 Å². The van der Waals surface area contributed by atoms with Gasteiger partial charge in [0.2, 0.25) is 0 Å². The second-order valence-electron chi connectivity index (χ2n) is 4.36. The Morgan fingerprint density at radius 3 is 2.26 bits per heavy atom. The average Bonchev–Trinajstić information content (AvgIpc) is 2.37. The lowest BCUT2D eigenvalue weighted by Gasteiger charge is -2.15. The molecule has 2 aromatic rings.